The molecule has 19 heavy (non-hydrogen) atoms. The summed E-state index contributed by atoms with van der Waals surface area (Å²) in [5, 5.41) is 0. The van der Waals surface area contributed by atoms with Crippen LogP contribution in [0.5, 0.6) is 0 Å². The van der Waals surface area contributed by atoms with Gasteiger partial charge in [-0.05, 0) is 31.4 Å². The highest BCUT2D eigenvalue weighted by molar-refractivity contribution is 7.89. The topological polar surface area (TPSA) is 51.5 Å². The zero-order valence-corrected chi connectivity index (χ0v) is 12.4. The predicted molar refractivity (Wildman–Crippen MR) is 74.3 cm³/mol. The Labute approximate surface area is 115 Å². The van der Waals surface area contributed by atoms with Crippen LogP contribution < -0.4 is 0 Å². The van der Waals surface area contributed by atoms with Crippen LogP contribution in [-0.4, -0.2) is 43.3 Å². The smallest absolute Gasteiger partial charge is 0.214 e. The van der Waals surface area contributed by atoms with Gasteiger partial charge in [-0.15, -0.1) is 0 Å². The van der Waals surface area contributed by atoms with E-state index in [9.17, 15) is 8.42 Å². The highest BCUT2D eigenvalue weighted by Gasteiger charge is 2.28. The third-order valence-corrected chi connectivity index (χ3v) is 5.46. The molecule has 0 fully saturated rings. The first-order valence-corrected chi connectivity index (χ1v) is 8.28. The van der Waals surface area contributed by atoms with E-state index in [0.717, 1.165) is 18.7 Å². The van der Waals surface area contributed by atoms with E-state index in [1.165, 1.54) is 0 Å². The van der Waals surface area contributed by atoms with Crippen molar-refractivity contribution in [3.63, 3.8) is 0 Å². The maximum atomic E-state index is 12.1. The summed E-state index contributed by atoms with van der Waals surface area (Å²) in [7, 11) is -1.47. The monoisotopic (exact) mass is 286 g/mol. The summed E-state index contributed by atoms with van der Waals surface area (Å²) in [6, 6.07) is 3.97. The van der Waals surface area contributed by atoms with Crippen molar-refractivity contribution in [2.75, 3.05) is 26.0 Å². The molecule has 0 saturated heterocycles. The average Bonchev–Trinajstić information content (AvgIpc) is 2.74. The number of hydrogen-bond donors (Lipinski definition) is 0. The zero-order chi connectivity index (χ0) is 13.9. The zero-order valence-electron chi connectivity index (χ0n) is 11.6. The molecule has 1 aliphatic heterocycles. The van der Waals surface area contributed by atoms with Crippen LogP contribution in [0.4, 0.5) is 0 Å². The van der Waals surface area contributed by atoms with Gasteiger partial charge in [0.1, 0.15) is 0 Å². The average molecular weight is 286 g/mol. The Kier molecular flexibility index (Phi) is 4.65. The van der Waals surface area contributed by atoms with Crippen molar-refractivity contribution < 1.29 is 13.2 Å². The Morgan fingerprint density at radius 1 is 1.42 bits per heavy atom. The number of aromatic nitrogens is 1. The van der Waals surface area contributed by atoms with Crippen molar-refractivity contribution >= 4 is 10.0 Å². The number of ether oxygens (including phenoxy) is 1. The van der Waals surface area contributed by atoms with E-state index >= 15 is 0 Å². The van der Waals surface area contributed by atoms with Crippen LogP contribution in [0.15, 0.2) is 18.3 Å². The summed E-state index contributed by atoms with van der Waals surface area (Å²) >= 11 is 0. The third-order valence-electron chi connectivity index (χ3n) is 3.67. The van der Waals surface area contributed by atoms with E-state index in [4.69, 9.17) is 4.74 Å². The van der Waals surface area contributed by atoms with Gasteiger partial charge in [-0.1, -0.05) is 0 Å². The van der Waals surface area contributed by atoms with E-state index in [0.29, 0.717) is 25.6 Å². The van der Waals surface area contributed by atoms with Gasteiger partial charge in [-0.3, -0.25) is 0 Å². The van der Waals surface area contributed by atoms with Crippen LogP contribution in [0.3, 0.4) is 0 Å². The van der Waals surface area contributed by atoms with Crippen LogP contribution in [-0.2, 0) is 27.8 Å². The first kappa shape index (κ1) is 14.6. The maximum Gasteiger partial charge on any atom is 0.214 e. The van der Waals surface area contributed by atoms with E-state index < -0.39 is 10.0 Å². The van der Waals surface area contributed by atoms with Gasteiger partial charge in [-0.2, -0.15) is 4.31 Å². The minimum atomic E-state index is -3.14. The van der Waals surface area contributed by atoms with Crippen molar-refractivity contribution in [3.8, 4) is 0 Å². The highest BCUT2D eigenvalue weighted by atomic mass is 32.2. The summed E-state index contributed by atoms with van der Waals surface area (Å²) in [6.45, 7) is 4.29. The van der Waals surface area contributed by atoms with Gasteiger partial charge in [0, 0.05) is 38.7 Å². The summed E-state index contributed by atoms with van der Waals surface area (Å²) < 4.78 is 33.2. The second-order valence-corrected chi connectivity index (χ2v) is 7.25. The molecule has 0 bridgehead atoms. The molecule has 0 N–H and O–H groups in total. The van der Waals surface area contributed by atoms with Gasteiger partial charge in [0.15, 0.2) is 0 Å². The molecule has 0 saturated carbocycles. The standard InChI is InChI=1S/C13H22N2O3S/c1-3-19(16,17)15-10-12(6-8-18-2)9-14-7-4-5-13(14)11-15/h4-5,7,12H,3,6,8-11H2,1-2H3. The summed E-state index contributed by atoms with van der Waals surface area (Å²) in [5.41, 5.74) is 1.07. The largest absolute Gasteiger partial charge is 0.385 e. The van der Waals surface area contributed by atoms with Gasteiger partial charge in [0.25, 0.3) is 0 Å². The second kappa shape index (κ2) is 6.07. The molecule has 5 nitrogen and oxygen atoms in total. The van der Waals surface area contributed by atoms with Gasteiger partial charge in [0.05, 0.1) is 12.3 Å². The van der Waals surface area contributed by atoms with Crippen molar-refractivity contribution in [3.05, 3.63) is 24.0 Å². The Hall–Kier alpha value is -0.850. The number of rotatable bonds is 5. The van der Waals surface area contributed by atoms with E-state index in [1.807, 2.05) is 18.3 Å². The minimum Gasteiger partial charge on any atom is -0.385 e. The molecule has 0 spiro atoms. The predicted octanol–water partition coefficient (Wildman–Crippen LogP) is 1.31. The molecule has 2 rings (SSSR count). The lowest BCUT2D eigenvalue weighted by atomic mass is 10.1. The fourth-order valence-electron chi connectivity index (χ4n) is 2.50. The lowest BCUT2D eigenvalue weighted by molar-refractivity contribution is 0.167. The molecule has 0 radical (unpaired) electrons. The van der Waals surface area contributed by atoms with Crippen LogP contribution >= 0.6 is 0 Å². The molecular weight excluding hydrogens is 264 g/mol. The molecule has 0 aromatic carbocycles. The van der Waals surface area contributed by atoms with Crippen molar-refractivity contribution in [2.45, 2.75) is 26.4 Å². The molecule has 2 heterocycles. The van der Waals surface area contributed by atoms with Gasteiger partial charge < -0.3 is 9.30 Å². The molecule has 1 aromatic rings. The lowest BCUT2D eigenvalue weighted by Gasteiger charge is -2.22. The summed E-state index contributed by atoms with van der Waals surface area (Å²) in [5.74, 6) is 0.458. The summed E-state index contributed by atoms with van der Waals surface area (Å²) in [4.78, 5) is 0. The van der Waals surface area contributed by atoms with Crippen LogP contribution in [0.1, 0.15) is 19.0 Å². The van der Waals surface area contributed by atoms with Crippen LogP contribution in [0.2, 0.25) is 0 Å². The molecule has 1 aliphatic rings. The van der Waals surface area contributed by atoms with Gasteiger partial charge in [0.2, 0.25) is 10.0 Å². The fourth-order valence-corrected chi connectivity index (χ4v) is 3.63. The first-order valence-electron chi connectivity index (χ1n) is 6.67. The molecule has 1 atom stereocenters. The number of hydrogen-bond acceptors (Lipinski definition) is 3. The lowest BCUT2D eigenvalue weighted by Crippen LogP contribution is -2.35. The minimum absolute atomic E-state index is 0.157. The van der Waals surface area contributed by atoms with Crippen molar-refractivity contribution in [2.24, 2.45) is 5.92 Å². The molecule has 0 aliphatic carbocycles. The summed E-state index contributed by atoms with van der Waals surface area (Å²) in [6.07, 6.45) is 2.90. The first-order chi connectivity index (χ1) is 9.06. The SMILES string of the molecule is CCS(=O)(=O)N1Cc2cccn2CC(CCOC)C1. The van der Waals surface area contributed by atoms with Gasteiger partial charge >= 0.3 is 0 Å². The molecule has 6 heteroatoms. The van der Waals surface area contributed by atoms with Crippen LogP contribution in [0, 0.1) is 5.92 Å². The normalized spacial score (nSPS) is 21.1. The Bertz CT molecular complexity index is 510. The number of methoxy groups -OCH3 is 1. The van der Waals surface area contributed by atoms with E-state index in [2.05, 4.69) is 4.57 Å². The van der Waals surface area contributed by atoms with E-state index in [1.54, 1.807) is 18.3 Å². The van der Waals surface area contributed by atoms with Crippen LogP contribution in [0.25, 0.3) is 0 Å². The molecule has 1 unspecified atom stereocenters. The third kappa shape index (κ3) is 3.38. The number of sulfonamides is 1. The van der Waals surface area contributed by atoms with E-state index in [-0.39, 0.29) is 5.75 Å². The Morgan fingerprint density at radius 3 is 2.89 bits per heavy atom. The van der Waals surface area contributed by atoms with Gasteiger partial charge in [-0.25, -0.2) is 8.42 Å². The fraction of sp³-hybridized carbons (Fsp3) is 0.692. The second-order valence-electron chi connectivity index (χ2n) is 4.99. The molecule has 0 amide bonds. The molecule has 108 valence electrons. The maximum absolute atomic E-state index is 12.1. The highest BCUT2D eigenvalue weighted by Crippen LogP contribution is 2.21. The Morgan fingerprint density at radius 2 is 2.21 bits per heavy atom. The number of fused-ring (bicyclic) bond motifs is 1. The van der Waals surface area contributed by atoms with Crippen molar-refractivity contribution in [1.82, 2.24) is 8.87 Å². The molecular formula is C13H22N2O3S. The van der Waals surface area contributed by atoms with Crippen molar-refractivity contribution in [1.29, 1.82) is 0 Å². The quantitative estimate of drug-likeness (QED) is 0.820. The Balaban J connectivity index is 2.22. The number of nitrogens with zero attached hydrogens (tertiary/aromatic N) is 2. The molecule has 1 aromatic heterocycles.